The van der Waals surface area contributed by atoms with Gasteiger partial charge in [-0.2, -0.15) is 13.2 Å². The first-order valence-corrected chi connectivity index (χ1v) is 3.97. The Balaban J connectivity index is 3.21. The van der Waals surface area contributed by atoms with E-state index in [0.717, 1.165) is 10.9 Å². The molecular formula is C8H9F3N2O. The standard InChI is InChI=1S/C8H9F3N2O/c1-5(2)13-4-12-6(3-7(13)14)8(9,10)11/h3-5H,1-2H3. The predicted molar refractivity (Wildman–Crippen MR) is 43.9 cm³/mol. The minimum absolute atomic E-state index is 0.197. The van der Waals surface area contributed by atoms with Crippen LogP contribution in [0.2, 0.25) is 0 Å². The second-order valence-corrected chi connectivity index (χ2v) is 3.11. The molecule has 0 fully saturated rings. The van der Waals surface area contributed by atoms with Crippen molar-refractivity contribution in [1.82, 2.24) is 9.55 Å². The molecule has 1 aromatic heterocycles. The fourth-order valence-electron chi connectivity index (χ4n) is 0.953. The molecule has 1 rings (SSSR count). The molecule has 3 nitrogen and oxygen atoms in total. The molecule has 0 aliphatic carbocycles. The molecule has 0 aliphatic rings. The Labute approximate surface area is 78.2 Å². The molecule has 0 radical (unpaired) electrons. The van der Waals surface area contributed by atoms with E-state index in [0.29, 0.717) is 6.07 Å². The topological polar surface area (TPSA) is 34.9 Å². The number of alkyl halides is 3. The van der Waals surface area contributed by atoms with Crippen LogP contribution < -0.4 is 5.56 Å². The first-order chi connectivity index (χ1) is 6.32. The van der Waals surface area contributed by atoms with Gasteiger partial charge < -0.3 is 0 Å². The maximum atomic E-state index is 12.1. The SMILES string of the molecule is CC(C)n1cnc(C(F)(F)F)cc1=O. The summed E-state index contributed by atoms with van der Waals surface area (Å²) in [6.45, 7) is 3.38. The van der Waals surface area contributed by atoms with Crippen LogP contribution in [0.15, 0.2) is 17.2 Å². The van der Waals surface area contributed by atoms with E-state index in [-0.39, 0.29) is 6.04 Å². The van der Waals surface area contributed by atoms with E-state index in [1.807, 2.05) is 0 Å². The fourth-order valence-corrected chi connectivity index (χ4v) is 0.953. The molecule has 0 N–H and O–H groups in total. The molecule has 1 heterocycles. The van der Waals surface area contributed by atoms with Crippen LogP contribution in [-0.4, -0.2) is 9.55 Å². The average molecular weight is 206 g/mol. The summed E-state index contributed by atoms with van der Waals surface area (Å²) in [4.78, 5) is 14.3. The third-order valence-electron chi connectivity index (χ3n) is 1.68. The molecule has 0 aliphatic heterocycles. The van der Waals surface area contributed by atoms with Crippen LogP contribution in [0, 0.1) is 0 Å². The van der Waals surface area contributed by atoms with E-state index in [4.69, 9.17) is 0 Å². The lowest BCUT2D eigenvalue weighted by Gasteiger charge is -2.10. The van der Waals surface area contributed by atoms with Gasteiger partial charge in [0, 0.05) is 12.1 Å². The predicted octanol–water partition coefficient (Wildman–Crippen LogP) is 1.84. The third kappa shape index (κ3) is 2.12. The summed E-state index contributed by atoms with van der Waals surface area (Å²) < 4.78 is 37.4. The van der Waals surface area contributed by atoms with Gasteiger partial charge in [0.15, 0.2) is 5.69 Å². The fraction of sp³-hybridized carbons (Fsp3) is 0.500. The molecule has 14 heavy (non-hydrogen) atoms. The number of aromatic nitrogens is 2. The van der Waals surface area contributed by atoms with Crippen molar-refractivity contribution in [2.24, 2.45) is 0 Å². The summed E-state index contributed by atoms with van der Waals surface area (Å²) in [5.41, 5.74) is -1.85. The van der Waals surface area contributed by atoms with E-state index in [9.17, 15) is 18.0 Å². The molecule has 0 aromatic carbocycles. The summed E-state index contributed by atoms with van der Waals surface area (Å²) >= 11 is 0. The van der Waals surface area contributed by atoms with Crippen LogP contribution in [-0.2, 0) is 6.18 Å². The van der Waals surface area contributed by atoms with Gasteiger partial charge in [-0.05, 0) is 13.8 Å². The lowest BCUT2D eigenvalue weighted by molar-refractivity contribution is -0.141. The van der Waals surface area contributed by atoms with Crippen molar-refractivity contribution in [1.29, 1.82) is 0 Å². The van der Waals surface area contributed by atoms with Gasteiger partial charge in [-0.1, -0.05) is 0 Å². The highest BCUT2D eigenvalue weighted by atomic mass is 19.4. The maximum absolute atomic E-state index is 12.1. The highest BCUT2D eigenvalue weighted by molar-refractivity contribution is 5.03. The Morgan fingerprint density at radius 1 is 1.43 bits per heavy atom. The van der Waals surface area contributed by atoms with Crippen LogP contribution in [0.25, 0.3) is 0 Å². The van der Waals surface area contributed by atoms with Crippen LogP contribution in [0.4, 0.5) is 13.2 Å². The zero-order valence-electron chi connectivity index (χ0n) is 7.67. The van der Waals surface area contributed by atoms with Crippen molar-refractivity contribution in [3.8, 4) is 0 Å². The van der Waals surface area contributed by atoms with Gasteiger partial charge in [0.1, 0.15) is 0 Å². The molecule has 0 spiro atoms. The number of rotatable bonds is 1. The number of hydrogen-bond acceptors (Lipinski definition) is 2. The Morgan fingerprint density at radius 2 is 2.00 bits per heavy atom. The van der Waals surface area contributed by atoms with E-state index < -0.39 is 17.4 Å². The molecule has 0 unspecified atom stereocenters. The minimum atomic E-state index is -4.56. The molecule has 0 saturated carbocycles. The number of halogens is 3. The normalized spacial score (nSPS) is 12.1. The van der Waals surface area contributed by atoms with E-state index >= 15 is 0 Å². The molecule has 0 saturated heterocycles. The Morgan fingerprint density at radius 3 is 2.36 bits per heavy atom. The zero-order chi connectivity index (χ0) is 10.9. The summed E-state index contributed by atoms with van der Waals surface area (Å²) in [7, 11) is 0. The van der Waals surface area contributed by atoms with E-state index in [1.54, 1.807) is 13.8 Å². The second-order valence-electron chi connectivity index (χ2n) is 3.11. The molecule has 0 atom stereocenters. The molecule has 78 valence electrons. The first-order valence-electron chi connectivity index (χ1n) is 3.97. The molecule has 6 heteroatoms. The lowest BCUT2D eigenvalue weighted by atomic mass is 10.3. The summed E-state index contributed by atoms with van der Waals surface area (Å²) in [6.07, 6.45) is -3.65. The van der Waals surface area contributed by atoms with Gasteiger partial charge in [0.25, 0.3) is 5.56 Å². The zero-order valence-corrected chi connectivity index (χ0v) is 7.67. The van der Waals surface area contributed by atoms with Crippen LogP contribution in [0.3, 0.4) is 0 Å². The van der Waals surface area contributed by atoms with E-state index in [2.05, 4.69) is 4.98 Å². The maximum Gasteiger partial charge on any atom is 0.433 e. The van der Waals surface area contributed by atoms with Crippen molar-refractivity contribution in [2.75, 3.05) is 0 Å². The quantitative estimate of drug-likeness (QED) is 0.702. The van der Waals surface area contributed by atoms with E-state index in [1.165, 1.54) is 0 Å². The monoisotopic (exact) mass is 206 g/mol. The minimum Gasteiger partial charge on any atom is -0.297 e. The largest absolute Gasteiger partial charge is 0.433 e. The van der Waals surface area contributed by atoms with Crippen LogP contribution in [0.1, 0.15) is 25.6 Å². The van der Waals surface area contributed by atoms with Gasteiger partial charge >= 0.3 is 6.18 Å². The van der Waals surface area contributed by atoms with Crippen LogP contribution in [0.5, 0.6) is 0 Å². The second kappa shape index (κ2) is 3.43. The Bertz CT molecular complexity index is 381. The van der Waals surface area contributed by atoms with Crippen molar-refractivity contribution >= 4 is 0 Å². The average Bonchev–Trinajstić information content (AvgIpc) is 2.01. The summed E-state index contributed by atoms with van der Waals surface area (Å²) in [5, 5.41) is 0. The lowest BCUT2D eigenvalue weighted by Crippen LogP contribution is -2.24. The summed E-state index contributed by atoms with van der Waals surface area (Å²) in [6, 6.07) is 0.303. The van der Waals surface area contributed by atoms with Crippen molar-refractivity contribution in [3.05, 3.63) is 28.4 Å². The van der Waals surface area contributed by atoms with Gasteiger partial charge in [0.05, 0.1) is 6.33 Å². The molecule has 1 aromatic rings. The first kappa shape index (κ1) is 10.7. The number of nitrogens with zero attached hydrogens (tertiary/aromatic N) is 2. The highest BCUT2D eigenvalue weighted by Gasteiger charge is 2.33. The highest BCUT2D eigenvalue weighted by Crippen LogP contribution is 2.25. The Kier molecular flexibility index (Phi) is 2.64. The third-order valence-corrected chi connectivity index (χ3v) is 1.68. The van der Waals surface area contributed by atoms with Crippen molar-refractivity contribution in [2.45, 2.75) is 26.1 Å². The van der Waals surface area contributed by atoms with Gasteiger partial charge in [-0.3, -0.25) is 9.36 Å². The van der Waals surface area contributed by atoms with Gasteiger partial charge in [0.2, 0.25) is 0 Å². The van der Waals surface area contributed by atoms with Gasteiger partial charge in [-0.25, -0.2) is 4.98 Å². The molecule has 0 bridgehead atoms. The summed E-state index contributed by atoms with van der Waals surface area (Å²) in [5.74, 6) is 0. The Hall–Kier alpha value is -1.33. The molecular weight excluding hydrogens is 197 g/mol. The van der Waals surface area contributed by atoms with Gasteiger partial charge in [-0.15, -0.1) is 0 Å². The van der Waals surface area contributed by atoms with Crippen molar-refractivity contribution < 1.29 is 13.2 Å². The van der Waals surface area contributed by atoms with Crippen LogP contribution >= 0.6 is 0 Å². The number of hydrogen-bond donors (Lipinski definition) is 0. The van der Waals surface area contributed by atoms with Crippen molar-refractivity contribution in [3.63, 3.8) is 0 Å². The molecule has 0 amide bonds. The smallest absolute Gasteiger partial charge is 0.297 e.